The number of hydrogen-bond acceptors (Lipinski definition) is 3. The Morgan fingerprint density at radius 3 is 2.62 bits per heavy atom. The first-order chi connectivity index (χ1) is 15.2. The third kappa shape index (κ3) is 4.90. The van der Waals surface area contributed by atoms with Crippen molar-refractivity contribution in [3.63, 3.8) is 0 Å². The topological polar surface area (TPSA) is 32.8 Å². The minimum Gasteiger partial charge on any atom is -0.497 e. The van der Waals surface area contributed by atoms with Crippen molar-refractivity contribution in [3.8, 4) is 5.75 Å². The average molecular weight is 450 g/mol. The van der Waals surface area contributed by atoms with Crippen LogP contribution in [0, 0.1) is 11.7 Å². The average Bonchev–Trinajstić information content (AvgIpc) is 2.77. The second kappa shape index (κ2) is 9.10. The molecule has 2 aliphatic rings. The highest BCUT2D eigenvalue weighted by atomic mass is 19.4. The summed E-state index contributed by atoms with van der Waals surface area (Å²) in [5.74, 6) is 0.365. The van der Waals surface area contributed by atoms with E-state index in [2.05, 4.69) is 4.90 Å². The third-order valence-corrected chi connectivity index (χ3v) is 6.49. The zero-order valence-corrected chi connectivity index (χ0v) is 17.9. The van der Waals surface area contributed by atoms with Crippen LogP contribution in [0.25, 0.3) is 0 Å². The van der Waals surface area contributed by atoms with Gasteiger partial charge in [-0.05, 0) is 42.5 Å². The van der Waals surface area contributed by atoms with Gasteiger partial charge >= 0.3 is 6.18 Å². The van der Waals surface area contributed by atoms with Gasteiger partial charge in [0, 0.05) is 50.3 Å². The molecule has 2 aromatic rings. The molecule has 0 aromatic heterocycles. The van der Waals surface area contributed by atoms with Crippen LogP contribution in [0.1, 0.15) is 36.0 Å². The molecule has 1 amide bonds. The van der Waals surface area contributed by atoms with Crippen LogP contribution in [0.2, 0.25) is 0 Å². The van der Waals surface area contributed by atoms with Crippen molar-refractivity contribution in [1.82, 2.24) is 9.80 Å². The molecule has 2 fully saturated rings. The van der Waals surface area contributed by atoms with Crippen LogP contribution in [-0.4, -0.2) is 41.9 Å². The largest absolute Gasteiger partial charge is 0.497 e. The lowest BCUT2D eigenvalue weighted by Crippen LogP contribution is -2.55. The lowest BCUT2D eigenvalue weighted by atomic mass is 9.83. The van der Waals surface area contributed by atoms with Crippen molar-refractivity contribution in [1.29, 1.82) is 0 Å². The fraction of sp³-hybridized carbons (Fsp3) is 0.458. The molecule has 0 saturated carbocycles. The van der Waals surface area contributed by atoms with Crippen molar-refractivity contribution in [2.45, 2.75) is 44.6 Å². The summed E-state index contributed by atoms with van der Waals surface area (Å²) >= 11 is 0. The highest BCUT2D eigenvalue weighted by Crippen LogP contribution is 2.34. The quantitative estimate of drug-likeness (QED) is 0.610. The summed E-state index contributed by atoms with van der Waals surface area (Å²) < 4.78 is 58.6. The van der Waals surface area contributed by atoms with Crippen LogP contribution in [0.15, 0.2) is 42.5 Å². The zero-order chi connectivity index (χ0) is 22.9. The predicted molar refractivity (Wildman–Crippen MR) is 111 cm³/mol. The molecule has 2 saturated heterocycles. The fourth-order valence-electron chi connectivity index (χ4n) is 4.84. The maximum Gasteiger partial charge on any atom is 0.416 e. The SMILES string of the molecule is COc1ccc(CN2CC[C@@H]3[C@@H](CCC(=O)N3Cc3cccc(C(F)(F)F)c3)C2)c(F)c1. The van der Waals surface area contributed by atoms with Crippen LogP contribution in [0.3, 0.4) is 0 Å². The minimum atomic E-state index is -4.41. The van der Waals surface area contributed by atoms with E-state index in [-0.39, 0.29) is 30.2 Å². The second-order valence-electron chi connectivity index (χ2n) is 8.57. The number of ether oxygens (including phenoxy) is 1. The number of alkyl halides is 3. The van der Waals surface area contributed by atoms with Gasteiger partial charge in [-0.15, -0.1) is 0 Å². The number of piperidine rings is 2. The van der Waals surface area contributed by atoms with Gasteiger partial charge in [-0.1, -0.05) is 18.2 Å². The molecule has 0 spiro atoms. The Morgan fingerprint density at radius 2 is 1.91 bits per heavy atom. The molecule has 0 radical (unpaired) electrons. The predicted octanol–water partition coefficient (Wildman–Crippen LogP) is 4.87. The van der Waals surface area contributed by atoms with E-state index in [0.717, 1.165) is 25.1 Å². The molecule has 0 bridgehead atoms. The van der Waals surface area contributed by atoms with E-state index in [4.69, 9.17) is 4.74 Å². The first kappa shape index (κ1) is 22.6. The number of nitrogens with zero attached hydrogens (tertiary/aromatic N) is 2. The van der Waals surface area contributed by atoms with Crippen molar-refractivity contribution in [2.75, 3.05) is 20.2 Å². The van der Waals surface area contributed by atoms with E-state index < -0.39 is 11.7 Å². The van der Waals surface area contributed by atoms with E-state index in [1.807, 2.05) is 0 Å². The van der Waals surface area contributed by atoms with E-state index in [9.17, 15) is 22.4 Å². The van der Waals surface area contributed by atoms with Crippen LogP contribution < -0.4 is 4.74 Å². The molecule has 8 heteroatoms. The van der Waals surface area contributed by atoms with Crippen LogP contribution in [0.4, 0.5) is 17.6 Å². The van der Waals surface area contributed by atoms with E-state index in [1.54, 1.807) is 23.1 Å². The molecule has 32 heavy (non-hydrogen) atoms. The van der Waals surface area contributed by atoms with Gasteiger partial charge in [0.25, 0.3) is 0 Å². The first-order valence-corrected chi connectivity index (χ1v) is 10.7. The zero-order valence-electron chi connectivity index (χ0n) is 17.9. The normalized spacial score (nSPS) is 22.0. The Labute approximate surface area is 184 Å². The molecule has 4 nitrogen and oxygen atoms in total. The lowest BCUT2D eigenvalue weighted by Gasteiger charge is -2.47. The summed E-state index contributed by atoms with van der Waals surface area (Å²) in [6.45, 7) is 2.07. The molecule has 172 valence electrons. The maximum absolute atomic E-state index is 14.4. The van der Waals surface area contributed by atoms with Crippen molar-refractivity contribution in [2.24, 2.45) is 5.92 Å². The molecule has 4 rings (SSSR count). The summed E-state index contributed by atoms with van der Waals surface area (Å²) in [5, 5.41) is 0. The Morgan fingerprint density at radius 1 is 1.09 bits per heavy atom. The van der Waals surface area contributed by atoms with Gasteiger partial charge in [0.15, 0.2) is 0 Å². The number of carbonyl (C=O) groups is 1. The number of benzene rings is 2. The standard InChI is InChI=1S/C24H26F4N2O2/c1-32-20-7-5-17(21(25)12-20)14-29-10-9-22-18(15-29)6-8-23(31)30(22)13-16-3-2-4-19(11-16)24(26,27)28/h2-5,7,11-12,18,22H,6,8-10,13-15H2,1H3/t18-,22+/m0/s1. The number of fused-ring (bicyclic) bond motifs is 1. The van der Waals surface area contributed by atoms with Crippen molar-refractivity contribution < 1.29 is 27.1 Å². The highest BCUT2D eigenvalue weighted by molar-refractivity contribution is 5.77. The van der Waals surface area contributed by atoms with Crippen molar-refractivity contribution in [3.05, 3.63) is 65.0 Å². The van der Waals surface area contributed by atoms with Gasteiger partial charge in [-0.25, -0.2) is 4.39 Å². The molecule has 0 aliphatic carbocycles. The molecule has 2 aliphatic heterocycles. The van der Waals surface area contributed by atoms with Crippen LogP contribution in [0.5, 0.6) is 5.75 Å². The number of carbonyl (C=O) groups excluding carboxylic acids is 1. The maximum atomic E-state index is 14.4. The monoisotopic (exact) mass is 450 g/mol. The number of likely N-dealkylation sites (tertiary alicyclic amines) is 2. The first-order valence-electron chi connectivity index (χ1n) is 10.7. The summed E-state index contributed by atoms with van der Waals surface area (Å²) in [6.07, 6.45) is -2.57. The van der Waals surface area contributed by atoms with E-state index >= 15 is 0 Å². The number of amides is 1. The van der Waals surface area contributed by atoms with Gasteiger partial charge in [-0.2, -0.15) is 13.2 Å². The Bertz CT molecular complexity index is 979. The summed E-state index contributed by atoms with van der Waals surface area (Å²) in [7, 11) is 1.49. The lowest BCUT2D eigenvalue weighted by molar-refractivity contribution is -0.142. The fourth-order valence-corrected chi connectivity index (χ4v) is 4.84. The van der Waals surface area contributed by atoms with Gasteiger partial charge in [0.1, 0.15) is 11.6 Å². The van der Waals surface area contributed by atoms with Gasteiger partial charge in [0.2, 0.25) is 5.91 Å². The molecule has 0 N–H and O–H groups in total. The summed E-state index contributed by atoms with van der Waals surface area (Å²) in [6, 6.07) is 10.0. The van der Waals surface area contributed by atoms with Gasteiger partial charge in [0.05, 0.1) is 12.7 Å². The number of methoxy groups -OCH3 is 1. The van der Waals surface area contributed by atoms with Gasteiger partial charge < -0.3 is 9.64 Å². The second-order valence-corrected chi connectivity index (χ2v) is 8.57. The number of hydrogen-bond donors (Lipinski definition) is 0. The van der Waals surface area contributed by atoms with Gasteiger partial charge in [-0.3, -0.25) is 9.69 Å². The molecular formula is C24H26F4N2O2. The molecule has 2 heterocycles. The molecular weight excluding hydrogens is 424 g/mol. The third-order valence-electron chi connectivity index (χ3n) is 6.49. The Hall–Kier alpha value is -2.61. The summed E-state index contributed by atoms with van der Waals surface area (Å²) in [5.41, 5.74) is 0.376. The van der Waals surface area contributed by atoms with Crippen LogP contribution in [-0.2, 0) is 24.1 Å². The minimum absolute atomic E-state index is 0.0113. The molecule has 0 unspecified atom stereocenters. The number of rotatable bonds is 5. The molecule has 2 aromatic carbocycles. The number of halogens is 4. The van der Waals surface area contributed by atoms with E-state index in [0.29, 0.717) is 42.8 Å². The Kier molecular flexibility index (Phi) is 6.42. The molecule has 2 atom stereocenters. The van der Waals surface area contributed by atoms with Crippen molar-refractivity contribution >= 4 is 5.91 Å². The summed E-state index contributed by atoms with van der Waals surface area (Å²) in [4.78, 5) is 16.6. The Balaban J connectivity index is 1.44. The van der Waals surface area contributed by atoms with E-state index in [1.165, 1.54) is 19.2 Å². The smallest absolute Gasteiger partial charge is 0.416 e. The van der Waals surface area contributed by atoms with Crippen LogP contribution >= 0.6 is 0 Å². The highest BCUT2D eigenvalue weighted by Gasteiger charge is 2.39.